The molecule has 6 nitrogen and oxygen atoms in total. The normalized spacial score (nSPS) is 10.7. The summed E-state index contributed by atoms with van der Waals surface area (Å²) in [5.41, 5.74) is 9.44. The van der Waals surface area contributed by atoms with Gasteiger partial charge < -0.3 is 10.5 Å². The molecule has 7 heteroatoms. The predicted octanol–water partition coefficient (Wildman–Crippen LogP) is 2.68. The van der Waals surface area contributed by atoms with Gasteiger partial charge in [0, 0.05) is 11.4 Å². The second-order valence-electron chi connectivity index (χ2n) is 5.60. The zero-order valence-corrected chi connectivity index (χ0v) is 14.9. The number of carbonyl (C=O) groups is 2. The number of primary amides is 1. The molecule has 0 fully saturated rings. The zero-order chi connectivity index (χ0) is 18.8. The van der Waals surface area contributed by atoms with Crippen molar-refractivity contribution in [2.24, 2.45) is 10.8 Å². The molecule has 0 aliphatic heterocycles. The van der Waals surface area contributed by atoms with Crippen LogP contribution in [-0.4, -0.2) is 24.6 Å². The molecular weight excluding hydrogens is 354 g/mol. The SMILES string of the molecule is NC(=O)COc1ccc(/C=N/NC(=O)CCCc2ccc(Cl)cc2)cc1. The average Bonchev–Trinajstić information content (AvgIpc) is 2.63. The van der Waals surface area contributed by atoms with Crippen LogP contribution < -0.4 is 15.9 Å². The monoisotopic (exact) mass is 373 g/mol. The fourth-order valence-electron chi connectivity index (χ4n) is 2.14. The molecule has 0 heterocycles. The van der Waals surface area contributed by atoms with E-state index in [2.05, 4.69) is 10.5 Å². The van der Waals surface area contributed by atoms with E-state index in [9.17, 15) is 9.59 Å². The van der Waals surface area contributed by atoms with Crippen LogP contribution in [0.5, 0.6) is 5.75 Å². The number of benzene rings is 2. The Bertz CT molecular complexity index is 759. The van der Waals surface area contributed by atoms with Gasteiger partial charge in [-0.05, 0) is 60.4 Å². The summed E-state index contributed by atoms with van der Waals surface area (Å²) in [6.07, 6.45) is 3.46. The molecular formula is C19H20ClN3O3. The lowest BCUT2D eigenvalue weighted by Crippen LogP contribution is -2.20. The summed E-state index contributed by atoms with van der Waals surface area (Å²) in [5, 5.41) is 4.63. The molecule has 2 aromatic rings. The van der Waals surface area contributed by atoms with Gasteiger partial charge in [-0.3, -0.25) is 9.59 Å². The first kappa shape index (κ1) is 19.5. The number of ether oxygens (including phenoxy) is 1. The maximum Gasteiger partial charge on any atom is 0.255 e. The molecule has 3 N–H and O–H groups in total. The zero-order valence-electron chi connectivity index (χ0n) is 14.2. The minimum Gasteiger partial charge on any atom is -0.484 e. The van der Waals surface area contributed by atoms with E-state index in [1.165, 1.54) is 6.21 Å². The average molecular weight is 374 g/mol. The Balaban J connectivity index is 1.69. The van der Waals surface area contributed by atoms with E-state index < -0.39 is 5.91 Å². The van der Waals surface area contributed by atoms with Gasteiger partial charge in [0.25, 0.3) is 5.91 Å². The van der Waals surface area contributed by atoms with Gasteiger partial charge in [0.1, 0.15) is 5.75 Å². The number of hydrogen-bond acceptors (Lipinski definition) is 4. The van der Waals surface area contributed by atoms with E-state index in [0.717, 1.165) is 24.0 Å². The Morgan fingerprint density at radius 3 is 2.46 bits per heavy atom. The van der Waals surface area contributed by atoms with Gasteiger partial charge in [0.15, 0.2) is 6.61 Å². The number of halogens is 1. The van der Waals surface area contributed by atoms with Crippen molar-refractivity contribution in [2.75, 3.05) is 6.61 Å². The molecule has 0 bridgehead atoms. The van der Waals surface area contributed by atoms with Crippen molar-refractivity contribution < 1.29 is 14.3 Å². The van der Waals surface area contributed by atoms with E-state index in [0.29, 0.717) is 17.2 Å². The van der Waals surface area contributed by atoms with Crippen molar-refractivity contribution in [2.45, 2.75) is 19.3 Å². The molecule has 26 heavy (non-hydrogen) atoms. The third-order valence-corrected chi connectivity index (χ3v) is 3.70. The predicted molar refractivity (Wildman–Crippen MR) is 101 cm³/mol. The van der Waals surface area contributed by atoms with Gasteiger partial charge in [-0.1, -0.05) is 23.7 Å². The molecule has 0 atom stereocenters. The number of nitrogens with zero attached hydrogens (tertiary/aromatic N) is 1. The molecule has 0 aromatic heterocycles. The molecule has 2 rings (SSSR count). The minimum absolute atomic E-state index is 0.142. The van der Waals surface area contributed by atoms with Crippen molar-refractivity contribution in [1.82, 2.24) is 5.43 Å². The van der Waals surface area contributed by atoms with Crippen LogP contribution >= 0.6 is 11.6 Å². The van der Waals surface area contributed by atoms with E-state index in [4.69, 9.17) is 22.1 Å². The Labute approximate surface area is 157 Å². The first-order chi connectivity index (χ1) is 12.5. The Hall–Kier alpha value is -2.86. The highest BCUT2D eigenvalue weighted by atomic mass is 35.5. The fraction of sp³-hybridized carbons (Fsp3) is 0.211. The van der Waals surface area contributed by atoms with Gasteiger partial charge in [-0.25, -0.2) is 5.43 Å². The van der Waals surface area contributed by atoms with Crippen LogP contribution in [0.15, 0.2) is 53.6 Å². The molecule has 0 radical (unpaired) electrons. The highest BCUT2D eigenvalue weighted by Crippen LogP contribution is 2.12. The van der Waals surface area contributed by atoms with Gasteiger partial charge in [-0.2, -0.15) is 5.10 Å². The van der Waals surface area contributed by atoms with E-state index in [1.54, 1.807) is 24.3 Å². The summed E-state index contributed by atoms with van der Waals surface area (Å²) in [5.74, 6) is -0.141. The molecule has 0 saturated heterocycles. The lowest BCUT2D eigenvalue weighted by Gasteiger charge is -2.03. The van der Waals surface area contributed by atoms with Crippen LogP contribution in [-0.2, 0) is 16.0 Å². The molecule has 0 unspecified atom stereocenters. The van der Waals surface area contributed by atoms with Crippen molar-refractivity contribution in [3.8, 4) is 5.75 Å². The summed E-state index contributed by atoms with van der Waals surface area (Å²) >= 11 is 5.84. The van der Waals surface area contributed by atoms with Crippen molar-refractivity contribution in [3.63, 3.8) is 0 Å². The standard InChI is InChI=1S/C19H20ClN3O3/c20-16-8-4-14(5-9-16)2-1-3-19(25)23-22-12-15-6-10-17(11-7-15)26-13-18(21)24/h4-12H,1-3,13H2,(H2,21,24)(H,23,25)/b22-12+. The maximum atomic E-state index is 11.8. The van der Waals surface area contributed by atoms with Gasteiger partial charge in [-0.15, -0.1) is 0 Å². The summed E-state index contributed by atoms with van der Waals surface area (Å²) in [6, 6.07) is 14.5. The second kappa shape index (κ2) is 10.2. The molecule has 0 saturated carbocycles. The molecule has 0 aliphatic rings. The van der Waals surface area contributed by atoms with E-state index >= 15 is 0 Å². The maximum absolute atomic E-state index is 11.8. The smallest absolute Gasteiger partial charge is 0.255 e. The number of hydrogen-bond donors (Lipinski definition) is 2. The van der Waals surface area contributed by atoms with Crippen LogP contribution in [0.4, 0.5) is 0 Å². The molecule has 2 amide bonds. The largest absolute Gasteiger partial charge is 0.484 e. The van der Waals surface area contributed by atoms with Crippen molar-refractivity contribution >= 4 is 29.6 Å². The summed E-state index contributed by atoms with van der Waals surface area (Å²) in [4.78, 5) is 22.4. The molecule has 0 spiro atoms. The number of rotatable bonds is 9. The Kier molecular flexibility index (Phi) is 7.64. The third kappa shape index (κ3) is 7.36. The Morgan fingerprint density at radius 2 is 1.81 bits per heavy atom. The molecule has 2 aromatic carbocycles. The van der Waals surface area contributed by atoms with Gasteiger partial charge in [0.05, 0.1) is 6.21 Å². The van der Waals surface area contributed by atoms with Crippen LogP contribution in [0.2, 0.25) is 5.02 Å². The number of hydrazone groups is 1. The van der Waals surface area contributed by atoms with Crippen molar-refractivity contribution in [3.05, 3.63) is 64.7 Å². The first-order valence-corrected chi connectivity index (χ1v) is 8.48. The molecule has 136 valence electrons. The third-order valence-electron chi connectivity index (χ3n) is 3.45. The van der Waals surface area contributed by atoms with Crippen LogP contribution in [0, 0.1) is 0 Å². The second-order valence-corrected chi connectivity index (χ2v) is 6.03. The molecule has 0 aliphatic carbocycles. The number of nitrogens with two attached hydrogens (primary N) is 1. The summed E-state index contributed by atoms with van der Waals surface area (Å²) in [7, 11) is 0. The number of nitrogens with one attached hydrogen (secondary N) is 1. The topological polar surface area (TPSA) is 93.8 Å². The van der Waals surface area contributed by atoms with Crippen LogP contribution in [0.1, 0.15) is 24.0 Å². The summed E-state index contributed by atoms with van der Waals surface area (Å²) < 4.78 is 5.16. The van der Waals surface area contributed by atoms with E-state index in [1.807, 2.05) is 24.3 Å². The van der Waals surface area contributed by atoms with Crippen molar-refractivity contribution in [1.29, 1.82) is 0 Å². The van der Waals surface area contributed by atoms with Gasteiger partial charge in [0.2, 0.25) is 5.91 Å². The lowest BCUT2D eigenvalue weighted by molar-refractivity contribution is -0.121. The number of amides is 2. The van der Waals surface area contributed by atoms with E-state index in [-0.39, 0.29) is 12.5 Å². The minimum atomic E-state index is -0.533. The van der Waals surface area contributed by atoms with Gasteiger partial charge >= 0.3 is 0 Å². The lowest BCUT2D eigenvalue weighted by atomic mass is 10.1. The van der Waals surface area contributed by atoms with Crippen LogP contribution in [0.25, 0.3) is 0 Å². The number of carbonyl (C=O) groups excluding carboxylic acids is 2. The first-order valence-electron chi connectivity index (χ1n) is 8.10. The van der Waals surface area contributed by atoms with Crippen LogP contribution in [0.3, 0.4) is 0 Å². The summed E-state index contributed by atoms with van der Waals surface area (Å²) in [6.45, 7) is -0.167. The highest BCUT2D eigenvalue weighted by Gasteiger charge is 2.01. The Morgan fingerprint density at radius 1 is 1.12 bits per heavy atom. The highest BCUT2D eigenvalue weighted by molar-refractivity contribution is 6.30. The number of aryl methyl sites for hydroxylation is 1. The quantitative estimate of drug-likeness (QED) is 0.522. The fourth-order valence-corrected chi connectivity index (χ4v) is 2.27.